The maximum atomic E-state index is 12.5. The summed E-state index contributed by atoms with van der Waals surface area (Å²) < 4.78 is 37.4. The fraction of sp³-hybridized carbons (Fsp3) is 0.417. The summed E-state index contributed by atoms with van der Waals surface area (Å²) in [6, 6.07) is 2.66. The molecule has 0 aliphatic heterocycles. The highest BCUT2D eigenvalue weighted by Gasteiger charge is 2.31. The van der Waals surface area contributed by atoms with E-state index in [0.717, 1.165) is 18.6 Å². The minimum Gasteiger partial charge on any atom is -0.478 e. The van der Waals surface area contributed by atoms with Crippen molar-refractivity contribution in [1.82, 2.24) is 0 Å². The zero-order chi connectivity index (χ0) is 13.9. The number of carboxylic acids is 1. The Hall–Kier alpha value is -1.72. The van der Waals surface area contributed by atoms with Crippen LogP contribution in [0.1, 0.15) is 36.2 Å². The molecule has 0 saturated carbocycles. The Morgan fingerprint density at radius 2 is 2.06 bits per heavy atom. The van der Waals surface area contributed by atoms with E-state index in [1.807, 2.05) is 13.8 Å². The predicted molar refractivity (Wildman–Crippen MR) is 61.8 cm³/mol. The largest absolute Gasteiger partial charge is 0.478 e. The van der Waals surface area contributed by atoms with Crippen LogP contribution in [0.25, 0.3) is 0 Å². The Morgan fingerprint density at radius 3 is 2.50 bits per heavy atom. The summed E-state index contributed by atoms with van der Waals surface area (Å²) in [7, 11) is 0. The normalized spacial score (nSPS) is 13.2. The lowest BCUT2D eigenvalue weighted by atomic mass is 10.1. The number of carboxylic acid groups (broad SMARTS) is 1. The molecule has 1 aromatic carbocycles. The number of benzene rings is 1. The summed E-state index contributed by atoms with van der Waals surface area (Å²) in [6.07, 6.45) is -3.81. The Labute approximate surface area is 103 Å². The third-order valence-electron chi connectivity index (χ3n) is 2.59. The second-order valence-corrected chi connectivity index (χ2v) is 4.02. The molecule has 18 heavy (non-hydrogen) atoms. The molecule has 1 unspecified atom stereocenters. The molecule has 0 amide bonds. The van der Waals surface area contributed by atoms with Gasteiger partial charge in [0.15, 0.2) is 0 Å². The fourth-order valence-electron chi connectivity index (χ4n) is 1.39. The van der Waals surface area contributed by atoms with Crippen molar-refractivity contribution in [3.63, 3.8) is 0 Å². The highest BCUT2D eigenvalue weighted by Crippen LogP contribution is 2.32. The van der Waals surface area contributed by atoms with Gasteiger partial charge in [-0.3, -0.25) is 0 Å². The van der Waals surface area contributed by atoms with Crippen LogP contribution in [-0.2, 0) is 6.18 Å². The standard InChI is InChI=1S/C12H14F3NO2/c1-3-7(2)16-10-5-4-8(12(13,14)15)6-9(10)11(17)18/h4-7,16H,3H2,1-2H3,(H,17,18). The van der Waals surface area contributed by atoms with Crippen LogP contribution in [0.15, 0.2) is 18.2 Å². The number of anilines is 1. The van der Waals surface area contributed by atoms with Gasteiger partial charge in [0.1, 0.15) is 0 Å². The van der Waals surface area contributed by atoms with Gasteiger partial charge >= 0.3 is 12.1 Å². The van der Waals surface area contributed by atoms with E-state index in [2.05, 4.69) is 5.32 Å². The summed E-state index contributed by atoms with van der Waals surface area (Å²) in [5.74, 6) is -1.38. The van der Waals surface area contributed by atoms with Gasteiger partial charge < -0.3 is 10.4 Å². The summed E-state index contributed by atoms with van der Waals surface area (Å²) in [4.78, 5) is 11.0. The number of nitrogens with one attached hydrogen (secondary N) is 1. The molecule has 6 heteroatoms. The molecule has 0 spiro atoms. The van der Waals surface area contributed by atoms with E-state index in [0.29, 0.717) is 6.07 Å². The second-order valence-electron chi connectivity index (χ2n) is 4.02. The van der Waals surface area contributed by atoms with Crippen molar-refractivity contribution in [3.05, 3.63) is 29.3 Å². The lowest BCUT2D eigenvalue weighted by molar-refractivity contribution is -0.137. The molecular formula is C12H14F3NO2. The average molecular weight is 261 g/mol. The van der Waals surface area contributed by atoms with E-state index in [9.17, 15) is 18.0 Å². The first-order chi connectivity index (χ1) is 8.25. The lowest BCUT2D eigenvalue weighted by Gasteiger charge is -2.16. The minimum atomic E-state index is -4.54. The maximum Gasteiger partial charge on any atom is 0.416 e. The topological polar surface area (TPSA) is 49.3 Å². The van der Waals surface area contributed by atoms with Crippen molar-refractivity contribution in [2.24, 2.45) is 0 Å². The molecule has 0 radical (unpaired) electrons. The Balaban J connectivity index is 3.17. The van der Waals surface area contributed by atoms with Crippen molar-refractivity contribution < 1.29 is 23.1 Å². The minimum absolute atomic E-state index is 0.0140. The number of rotatable bonds is 4. The van der Waals surface area contributed by atoms with Gasteiger partial charge in [-0.25, -0.2) is 4.79 Å². The van der Waals surface area contributed by atoms with E-state index in [1.54, 1.807) is 0 Å². The number of halogens is 3. The highest BCUT2D eigenvalue weighted by atomic mass is 19.4. The van der Waals surface area contributed by atoms with Crippen LogP contribution in [0.2, 0.25) is 0 Å². The first kappa shape index (κ1) is 14.3. The third-order valence-corrected chi connectivity index (χ3v) is 2.59. The summed E-state index contributed by atoms with van der Waals surface area (Å²) in [6.45, 7) is 3.71. The molecule has 0 aromatic heterocycles. The van der Waals surface area contributed by atoms with Crippen LogP contribution in [0.4, 0.5) is 18.9 Å². The van der Waals surface area contributed by atoms with Gasteiger partial charge in [0.25, 0.3) is 0 Å². The van der Waals surface area contributed by atoms with Crippen molar-refractivity contribution in [1.29, 1.82) is 0 Å². The zero-order valence-electron chi connectivity index (χ0n) is 10.0. The lowest BCUT2D eigenvalue weighted by Crippen LogP contribution is -2.17. The van der Waals surface area contributed by atoms with E-state index in [-0.39, 0.29) is 17.3 Å². The van der Waals surface area contributed by atoms with E-state index in [1.165, 1.54) is 0 Å². The van der Waals surface area contributed by atoms with E-state index < -0.39 is 17.7 Å². The maximum absolute atomic E-state index is 12.5. The highest BCUT2D eigenvalue weighted by molar-refractivity contribution is 5.94. The molecule has 0 fully saturated rings. The molecule has 0 bridgehead atoms. The number of hydrogen-bond acceptors (Lipinski definition) is 2. The van der Waals surface area contributed by atoms with Crippen LogP contribution in [0.5, 0.6) is 0 Å². The second kappa shape index (κ2) is 5.29. The molecule has 0 aliphatic carbocycles. The predicted octanol–water partition coefficient (Wildman–Crippen LogP) is 3.61. The zero-order valence-corrected chi connectivity index (χ0v) is 10.0. The molecule has 1 rings (SSSR count). The van der Waals surface area contributed by atoms with Gasteiger partial charge in [0, 0.05) is 11.7 Å². The van der Waals surface area contributed by atoms with Gasteiger partial charge in [-0.05, 0) is 31.5 Å². The van der Waals surface area contributed by atoms with Crippen LogP contribution in [0, 0.1) is 0 Å². The smallest absolute Gasteiger partial charge is 0.416 e. The van der Waals surface area contributed by atoms with E-state index in [4.69, 9.17) is 5.11 Å². The van der Waals surface area contributed by atoms with Gasteiger partial charge in [0.2, 0.25) is 0 Å². The molecule has 0 saturated heterocycles. The molecule has 2 N–H and O–H groups in total. The molecular weight excluding hydrogens is 247 g/mol. The SMILES string of the molecule is CCC(C)Nc1ccc(C(F)(F)F)cc1C(=O)O. The van der Waals surface area contributed by atoms with Gasteiger partial charge in [-0.2, -0.15) is 13.2 Å². The first-order valence-corrected chi connectivity index (χ1v) is 5.46. The summed E-state index contributed by atoms with van der Waals surface area (Å²) >= 11 is 0. The Morgan fingerprint density at radius 1 is 1.44 bits per heavy atom. The fourth-order valence-corrected chi connectivity index (χ4v) is 1.39. The Bertz CT molecular complexity index is 443. The third kappa shape index (κ3) is 3.38. The quantitative estimate of drug-likeness (QED) is 0.870. The number of hydrogen-bond donors (Lipinski definition) is 2. The van der Waals surface area contributed by atoms with E-state index >= 15 is 0 Å². The first-order valence-electron chi connectivity index (χ1n) is 5.46. The number of aromatic carboxylic acids is 1. The van der Waals surface area contributed by atoms with Gasteiger partial charge in [-0.1, -0.05) is 6.92 Å². The Kier molecular flexibility index (Phi) is 4.21. The molecule has 100 valence electrons. The molecule has 0 heterocycles. The monoisotopic (exact) mass is 261 g/mol. The van der Waals surface area contributed by atoms with Gasteiger partial charge in [-0.15, -0.1) is 0 Å². The summed E-state index contributed by atoms with van der Waals surface area (Å²) in [5.41, 5.74) is -1.13. The van der Waals surface area contributed by atoms with Crippen molar-refractivity contribution in [2.45, 2.75) is 32.5 Å². The van der Waals surface area contributed by atoms with Crippen LogP contribution < -0.4 is 5.32 Å². The van der Waals surface area contributed by atoms with Crippen LogP contribution >= 0.6 is 0 Å². The molecule has 1 aromatic rings. The van der Waals surface area contributed by atoms with Gasteiger partial charge in [0.05, 0.1) is 11.1 Å². The molecule has 1 atom stereocenters. The van der Waals surface area contributed by atoms with Crippen molar-refractivity contribution in [2.75, 3.05) is 5.32 Å². The average Bonchev–Trinajstić information content (AvgIpc) is 2.27. The van der Waals surface area contributed by atoms with Crippen molar-refractivity contribution in [3.8, 4) is 0 Å². The van der Waals surface area contributed by atoms with Crippen LogP contribution in [-0.4, -0.2) is 17.1 Å². The number of alkyl halides is 3. The number of carbonyl (C=O) groups is 1. The van der Waals surface area contributed by atoms with Crippen LogP contribution in [0.3, 0.4) is 0 Å². The molecule has 0 aliphatic rings. The molecule has 3 nitrogen and oxygen atoms in total. The summed E-state index contributed by atoms with van der Waals surface area (Å²) in [5, 5.41) is 11.8. The van der Waals surface area contributed by atoms with Crippen molar-refractivity contribution >= 4 is 11.7 Å².